The SMILES string of the molecule is Cc1oc(-c2ccccc2)nc1CCOc1cccc(CCCCC(=O)O)c1. The third kappa shape index (κ3) is 5.71. The summed E-state index contributed by atoms with van der Waals surface area (Å²) in [7, 11) is 0. The van der Waals surface area contributed by atoms with Crippen molar-refractivity contribution in [2.45, 2.75) is 39.0 Å². The number of nitrogens with zero attached hydrogens (tertiary/aromatic N) is 1. The second kappa shape index (κ2) is 9.74. The van der Waals surface area contributed by atoms with E-state index >= 15 is 0 Å². The Labute approximate surface area is 165 Å². The molecule has 0 atom stereocenters. The molecule has 0 saturated heterocycles. The van der Waals surface area contributed by atoms with Crippen LogP contribution in [-0.4, -0.2) is 22.7 Å². The molecule has 0 amide bonds. The van der Waals surface area contributed by atoms with Gasteiger partial charge in [0.2, 0.25) is 5.89 Å². The Morgan fingerprint density at radius 1 is 1.07 bits per heavy atom. The summed E-state index contributed by atoms with van der Waals surface area (Å²) in [6, 6.07) is 17.8. The number of carboxylic acids is 1. The summed E-state index contributed by atoms with van der Waals surface area (Å²) in [5.41, 5.74) is 3.03. The number of aromatic nitrogens is 1. The molecule has 0 saturated carbocycles. The second-order valence-electron chi connectivity index (χ2n) is 6.73. The number of aryl methyl sites for hydroxylation is 2. The number of aliphatic carboxylic acids is 1. The lowest BCUT2D eigenvalue weighted by atomic mass is 10.1. The first-order valence-electron chi connectivity index (χ1n) is 9.57. The fourth-order valence-electron chi connectivity index (χ4n) is 3.03. The Kier molecular flexibility index (Phi) is 6.84. The standard InChI is InChI=1S/C23H25NO4/c1-17-21(24-23(28-17)19-10-3-2-4-11-19)14-15-27-20-12-7-9-18(16-20)8-5-6-13-22(25)26/h2-4,7,9-12,16H,5-6,8,13-15H2,1H3,(H,25,26). The predicted molar refractivity (Wildman–Crippen MR) is 108 cm³/mol. The molecular weight excluding hydrogens is 354 g/mol. The zero-order valence-corrected chi connectivity index (χ0v) is 16.1. The third-order valence-electron chi connectivity index (χ3n) is 4.53. The largest absolute Gasteiger partial charge is 0.493 e. The number of ether oxygens (including phenoxy) is 1. The van der Waals surface area contributed by atoms with Crippen molar-refractivity contribution >= 4 is 5.97 Å². The van der Waals surface area contributed by atoms with Gasteiger partial charge in [0, 0.05) is 18.4 Å². The van der Waals surface area contributed by atoms with Gasteiger partial charge in [-0.25, -0.2) is 4.98 Å². The lowest BCUT2D eigenvalue weighted by Crippen LogP contribution is -2.03. The number of carbonyl (C=O) groups is 1. The molecule has 1 N–H and O–H groups in total. The van der Waals surface area contributed by atoms with Gasteiger partial charge in [-0.05, 0) is 56.0 Å². The zero-order valence-electron chi connectivity index (χ0n) is 16.1. The molecule has 2 aromatic carbocycles. The van der Waals surface area contributed by atoms with E-state index in [4.69, 9.17) is 14.3 Å². The van der Waals surface area contributed by atoms with Gasteiger partial charge in [0.15, 0.2) is 0 Å². The minimum Gasteiger partial charge on any atom is -0.493 e. The number of hydrogen-bond donors (Lipinski definition) is 1. The van der Waals surface area contributed by atoms with Gasteiger partial charge in [0.05, 0.1) is 12.3 Å². The van der Waals surface area contributed by atoms with Crippen LogP contribution in [0.2, 0.25) is 0 Å². The second-order valence-corrected chi connectivity index (χ2v) is 6.73. The number of unbranched alkanes of at least 4 members (excludes halogenated alkanes) is 1. The van der Waals surface area contributed by atoms with E-state index in [1.807, 2.05) is 61.5 Å². The molecule has 0 fully saturated rings. The van der Waals surface area contributed by atoms with Crippen LogP contribution in [0.25, 0.3) is 11.5 Å². The molecule has 0 bridgehead atoms. The topological polar surface area (TPSA) is 72.6 Å². The third-order valence-corrected chi connectivity index (χ3v) is 4.53. The molecule has 0 spiro atoms. The molecule has 0 aliphatic heterocycles. The summed E-state index contributed by atoms with van der Waals surface area (Å²) >= 11 is 0. The molecule has 1 heterocycles. The molecule has 1 aromatic heterocycles. The van der Waals surface area contributed by atoms with Crippen LogP contribution in [0.4, 0.5) is 0 Å². The highest BCUT2D eigenvalue weighted by Crippen LogP contribution is 2.22. The van der Waals surface area contributed by atoms with Gasteiger partial charge in [-0.2, -0.15) is 0 Å². The Balaban J connectivity index is 1.51. The average Bonchev–Trinajstić information content (AvgIpc) is 3.07. The summed E-state index contributed by atoms with van der Waals surface area (Å²) < 4.78 is 11.7. The molecule has 5 heteroatoms. The van der Waals surface area contributed by atoms with Gasteiger partial charge < -0.3 is 14.3 Å². The fourth-order valence-corrected chi connectivity index (χ4v) is 3.03. The molecule has 146 valence electrons. The van der Waals surface area contributed by atoms with Gasteiger partial charge in [0.1, 0.15) is 11.5 Å². The smallest absolute Gasteiger partial charge is 0.303 e. The molecule has 28 heavy (non-hydrogen) atoms. The number of oxazole rings is 1. The summed E-state index contributed by atoms with van der Waals surface area (Å²) in [5, 5.41) is 8.70. The molecule has 0 aliphatic rings. The maximum Gasteiger partial charge on any atom is 0.303 e. The van der Waals surface area contributed by atoms with E-state index in [0.717, 1.165) is 41.2 Å². The Bertz CT molecular complexity index is 902. The van der Waals surface area contributed by atoms with E-state index in [-0.39, 0.29) is 6.42 Å². The van der Waals surface area contributed by atoms with Gasteiger partial charge in [-0.3, -0.25) is 4.79 Å². The fraction of sp³-hybridized carbons (Fsp3) is 0.304. The first-order chi connectivity index (χ1) is 13.6. The van der Waals surface area contributed by atoms with Crippen molar-refractivity contribution in [2.24, 2.45) is 0 Å². The first kappa shape index (κ1) is 19.7. The molecule has 3 rings (SSSR count). The van der Waals surface area contributed by atoms with Crippen molar-refractivity contribution in [3.05, 3.63) is 71.6 Å². The van der Waals surface area contributed by atoms with Crippen LogP contribution in [-0.2, 0) is 17.6 Å². The van der Waals surface area contributed by atoms with Crippen molar-refractivity contribution in [1.29, 1.82) is 0 Å². The lowest BCUT2D eigenvalue weighted by Gasteiger charge is -2.07. The Morgan fingerprint density at radius 3 is 2.68 bits per heavy atom. The van der Waals surface area contributed by atoms with Crippen LogP contribution in [0.1, 0.15) is 36.3 Å². The summed E-state index contributed by atoms with van der Waals surface area (Å²) in [6.07, 6.45) is 3.29. The molecule has 5 nitrogen and oxygen atoms in total. The quantitative estimate of drug-likeness (QED) is 0.498. The van der Waals surface area contributed by atoms with Crippen molar-refractivity contribution in [1.82, 2.24) is 4.98 Å². The monoisotopic (exact) mass is 379 g/mol. The van der Waals surface area contributed by atoms with Crippen LogP contribution in [0.3, 0.4) is 0 Å². The van der Waals surface area contributed by atoms with E-state index < -0.39 is 5.97 Å². The highest BCUT2D eigenvalue weighted by Gasteiger charge is 2.11. The van der Waals surface area contributed by atoms with Crippen LogP contribution in [0.15, 0.2) is 59.0 Å². The predicted octanol–water partition coefficient (Wildman–Crippen LogP) is 5.07. The van der Waals surface area contributed by atoms with Crippen molar-refractivity contribution in [3.8, 4) is 17.2 Å². The summed E-state index contributed by atoms with van der Waals surface area (Å²) in [4.78, 5) is 15.2. The Hall–Kier alpha value is -3.08. The van der Waals surface area contributed by atoms with Crippen LogP contribution < -0.4 is 4.74 Å². The molecule has 0 radical (unpaired) electrons. The van der Waals surface area contributed by atoms with Crippen LogP contribution in [0.5, 0.6) is 5.75 Å². The van der Waals surface area contributed by atoms with E-state index in [0.29, 0.717) is 25.3 Å². The van der Waals surface area contributed by atoms with Gasteiger partial charge in [-0.15, -0.1) is 0 Å². The summed E-state index contributed by atoms with van der Waals surface area (Å²) in [5.74, 6) is 1.53. The summed E-state index contributed by atoms with van der Waals surface area (Å²) in [6.45, 7) is 2.44. The van der Waals surface area contributed by atoms with E-state index in [1.54, 1.807) is 0 Å². The number of hydrogen-bond acceptors (Lipinski definition) is 4. The maximum atomic E-state index is 10.6. The van der Waals surface area contributed by atoms with Crippen molar-refractivity contribution in [2.75, 3.05) is 6.61 Å². The normalized spacial score (nSPS) is 10.8. The van der Waals surface area contributed by atoms with Gasteiger partial charge in [0.25, 0.3) is 0 Å². The number of carboxylic acid groups (broad SMARTS) is 1. The highest BCUT2D eigenvalue weighted by atomic mass is 16.5. The van der Waals surface area contributed by atoms with Gasteiger partial charge >= 0.3 is 5.97 Å². The maximum absolute atomic E-state index is 10.6. The Morgan fingerprint density at radius 2 is 1.89 bits per heavy atom. The molecule has 0 unspecified atom stereocenters. The zero-order chi connectivity index (χ0) is 19.8. The average molecular weight is 379 g/mol. The number of rotatable bonds is 10. The van der Waals surface area contributed by atoms with Crippen LogP contribution in [0, 0.1) is 6.92 Å². The molecule has 0 aliphatic carbocycles. The first-order valence-corrected chi connectivity index (χ1v) is 9.57. The van der Waals surface area contributed by atoms with Crippen molar-refractivity contribution in [3.63, 3.8) is 0 Å². The minimum absolute atomic E-state index is 0.220. The van der Waals surface area contributed by atoms with Crippen LogP contribution >= 0.6 is 0 Å². The van der Waals surface area contributed by atoms with Gasteiger partial charge in [-0.1, -0.05) is 30.3 Å². The van der Waals surface area contributed by atoms with E-state index in [9.17, 15) is 4.79 Å². The van der Waals surface area contributed by atoms with Crippen molar-refractivity contribution < 1.29 is 19.1 Å². The number of benzene rings is 2. The lowest BCUT2D eigenvalue weighted by molar-refractivity contribution is -0.137. The molecular formula is C23H25NO4. The molecule has 3 aromatic rings. The highest BCUT2D eigenvalue weighted by molar-refractivity contribution is 5.66. The van der Waals surface area contributed by atoms with E-state index in [2.05, 4.69) is 4.98 Å². The minimum atomic E-state index is -0.740. The van der Waals surface area contributed by atoms with E-state index in [1.165, 1.54) is 0 Å².